The molecule has 1 aromatic heterocycles. The molecule has 1 unspecified atom stereocenters. The smallest absolute Gasteiger partial charge is 0.408 e. The quantitative estimate of drug-likeness (QED) is 0.521. The Balaban J connectivity index is 2.01. The van der Waals surface area contributed by atoms with Crippen LogP contribution in [0.25, 0.3) is 11.3 Å². The standard InChI is InChI=1S/C26H31N3O3/c1-5-21(30)17-29-18-23(20-14-10-7-11-15-20)27-24(29)22(16-19-12-8-6-9-13-19)28-25(31)32-26(2,3)4/h6-15,18,22H,5,16-17H2,1-4H3,(H,28,31). The van der Waals surface area contributed by atoms with E-state index in [9.17, 15) is 9.59 Å². The summed E-state index contributed by atoms with van der Waals surface area (Å²) in [7, 11) is 0. The van der Waals surface area contributed by atoms with Crippen LogP contribution in [0.15, 0.2) is 66.9 Å². The molecule has 0 fully saturated rings. The molecule has 1 heterocycles. The lowest BCUT2D eigenvalue weighted by Crippen LogP contribution is -2.37. The molecule has 1 atom stereocenters. The van der Waals surface area contributed by atoms with Crippen LogP contribution >= 0.6 is 0 Å². The summed E-state index contributed by atoms with van der Waals surface area (Å²) in [6, 6.07) is 19.2. The zero-order valence-electron chi connectivity index (χ0n) is 19.2. The van der Waals surface area contributed by atoms with Gasteiger partial charge in [-0.25, -0.2) is 9.78 Å². The maximum Gasteiger partial charge on any atom is 0.408 e. The fourth-order valence-corrected chi connectivity index (χ4v) is 3.39. The highest BCUT2D eigenvalue weighted by atomic mass is 16.6. The largest absolute Gasteiger partial charge is 0.444 e. The minimum absolute atomic E-state index is 0.0963. The van der Waals surface area contributed by atoms with Crippen molar-refractivity contribution >= 4 is 11.9 Å². The number of benzene rings is 2. The first-order valence-electron chi connectivity index (χ1n) is 10.9. The average molecular weight is 434 g/mol. The van der Waals surface area contributed by atoms with Gasteiger partial charge in [0, 0.05) is 24.6 Å². The summed E-state index contributed by atoms with van der Waals surface area (Å²) < 4.78 is 7.35. The van der Waals surface area contributed by atoms with Gasteiger partial charge in [-0.3, -0.25) is 4.79 Å². The number of carbonyl (C=O) groups excluding carboxylic acids is 2. The third kappa shape index (κ3) is 6.54. The maximum atomic E-state index is 12.7. The molecule has 3 rings (SSSR count). The van der Waals surface area contributed by atoms with Crippen molar-refractivity contribution in [2.24, 2.45) is 0 Å². The van der Waals surface area contributed by atoms with Crippen molar-refractivity contribution in [3.05, 3.63) is 78.2 Å². The third-order valence-corrected chi connectivity index (χ3v) is 4.90. The van der Waals surface area contributed by atoms with Gasteiger partial charge in [0.25, 0.3) is 0 Å². The van der Waals surface area contributed by atoms with Crippen molar-refractivity contribution in [3.8, 4) is 11.3 Å². The van der Waals surface area contributed by atoms with Gasteiger partial charge in [-0.2, -0.15) is 0 Å². The molecule has 0 radical (unpaired) electrons. The number of amides is 1. The summed E-state index contributed by atoms with van der Waals surface area (Å²) in [5, 5.41) is 2.98. The van der Waals surface area contributed by atoms with Crippen LogP contribution in [0.4, 0.5) is 4.79 Å². The summed E-state index contributed by atoms with van der Waals surface area (Å²) in [5.74, 6) is 0.722. The summed E-state index contributed by atoms with van der Waals surface area (Å²) in [6.07, 6.45) is 2.32. The van der Waals surface area contributed by atoms with Crippen molar-refractivity contribution in [1.82, 2.24) is 14.9 Å². The number of alkyl carbamates (subject to hydrolysis) is 1. The predicted molar refractivity (Wildman–Crippen MR) is 125 cm³/mol. The highest BCUT2D eigenvalue weighted by Gasteiger charge is 2.25. The number of imidazole rings is 1. The maximum absolute atomic E-state index is 12.7. The van der Waals surface area contributed by atoms with Gasteiger partial charge in [-0.15, -0.1) is 0 Å². The highest BCUT2D eigenvalue weighted by molar-refractivity contribution is 5.78. The second-order valence-electron chi connectivity index (χ2n) is 8.76. The number of nitrogens with zero attached hydrogens (tertiary/aromatic N) is 2. The molecule has 0 aliphatic rings. The molecule has 3 aromatic rings. The van der Waals surface area contributed by atoms with Crippen LogP contribution in [-0.4, -0.2) is 27.0 Å². The average Bonchev–Trinajstić information content (AvgIpc) is 3.17. The van der Waals surface area contributed by atoms with Gasteiger partial charge in [-0.05, 0) is 26.3 Å². The number of ether oxygens (including phenoxy) is 1. The Bertz CT molecular complexity index is 1040. The number of nitrogens with one attached hydrogen (secondary N) is 1. The van der Waals surface area contributed by atoms with Crippen LogP contribution in [0.1, 0.15) is 51.5 Å². The number of hydrogen-bond donors (Lipinski definition) is 1. The molecule has 6 nitrogen and oxygen atoms in total. The highest BCUT2D eigenvalue weighted by Crippen LogP contribution is 2.25. The Morgan fingerprint density at radius 3 is 2.25 bits per heavy atom. The predicted octanol–water partition coefficient (Wildman–Crippen LogP) is 5.34. The second kappa shape index (κ2) is 10.3. The Hall–Kier alpha value is -3.41. The molecule has 168 valence electrons. The first-order chi connectivity index (χ1) is 15.2. The van der Waals surface area contributed by atoms with Gasteiger partial charge in [0.05, 0.1) is 18.3 Å². The van der Waals surface area contributed by atoms with E-state index in [0.717, 1.165) is 16.8 Å². The summed E-state index contributed by atoms with van der Waals surface area (Å²) in [5.41, 5.74) is 2.14. The monoisotopic (exact) mass is 433 g/mol. The molecule has 6 heteroatoms. The Morgan fingerprint density at radius 2 is 1.66 bits per heavy atom. The fraction of sp³-hybridized carbons (Fsp3) is 0.346. The lowest BCUT2D eigenvalue weighted by atomic mass is 10.1. The van der Waals surface area contributed by atoms with Crippen molar-refractivity contribution in [3.63, 3.8) is 0 Å². The van der Waals surface area contributed by atoms with Crippen LogP contribution in [0.2, 0.25) is 0 Å². The Kier molecular flexibility index (Phi) is 7.46. The molecular weight excluding hydrogens is 402 g/mol. The lowest BCUT2D eigenvalue weighted by molar-refractivity contribution is -0.119. The van der Waals surface area contributed by atoms with Gasteiger partial charge < -0.3 is 14.6 Å². The Labute approximate surface area is 189 Å². The van der Waals surface area contributed by atoms with Gasteiger partial charge in [0.1, 0.15) is 11.4 Å². The lowest BCUT2D eigenvalue weighted by Gasteiger charge is -2.24. The summed E-state index contributed by atoms with van der Waals surface area (Å²) in [4.78, 5) is 29.8. The van der Waals surface area contributed by atoms with E-state index < -0.39 is 17.7 Å². The molecule has 2 aromatic carbocycles. The number of rotatable bonds is 8. The number of aromatic nitrogens is 2. The third-order valence-electron chi connectivity index (χ3n) is 4.90. The van der Waals surface area contributed by atoms with E-state index in [4.69, 9.17) is 9.72 Å². The van der Waals surface area contributed by atoms with Crippen LogP contribution in [0.5, 0.6) is 0 Å². The first-order valence-corrected chi connectivity index (χ1v) is 10.9. The van der Waals surface area contributed by atoms with E-state index >= 15 is 0 Å². The van der Waals surface area contributed by atoms with E-state index in [1.807, 2.05) is 99.1 Å². The zero-order chi connectivity index (χ0) is 23.1. The molecular formula is C26H31N3O3. The van der Waals surface area contributed by atoms with E-state index in [-0.39, 0.29) is 12.3 Å². The van der Waals surface area contributed by atoms with Crippen molar-refractivity contribution < 1.29 is 14.3 Å². The molecule has 1 amide bonds. The van der Waals surface area contributed by atoms with E-state index in [1.165, 1.54) is 0 Å². The molecule has 0 bridgehead atoms. The molecule has 0 spiro atoms. The van der Waals surface area contributed by atoms with Gasteiger partial charge >= 0.3 is 6.09 Å². The molecule has 32 heavy (non-hydrogen) atoms. The minimum Gasteiger partial charge on any atom is -0.444 e. The van der Waals surface area contributed by atoms with Crippen molar-refractivity contribution in [2.75, 3.05) is 0 Å². The number of Topliss-reactive ketones (excluding diaryl/α,β-unsaturated/α-hetero) is 1. The minimum atomic E-state index is -0.621. The van der Waals surface area contributed by atoms with Crippen molar-refractivity contribution in [1.29, 1.82) is 0 Å². The molecule has 0 aliphatic heterocycles. The molecule has 0 saturated heterocycles. The molecule has 1 N–H and O–H groups in total. The fourth-order valence-electron chi connectivity index (χ4n) is 3.39. The van der Waals surface area contributed by atoms with Crippen LogP contribution in [-0.2, 0) is 22.5 Å². The Morgan fingerprint density at radius 1 is 1.03 bits per heavy atom. The van der Waals surface area contributed by atoms with Crippen LogP contribution in [0.3, 0.4) is 0 Å². The van der Waals surface area contributed by atoms with E-state index in [1.54, 1.807) is 0 Å². The SMILES string of the molecule is CCC(=O)Cn1cc(-c2ccccc2)nc1C(Cc1ccccc1)NC(=O)OC(C)(C)C. The van der Waals surface area contributed by atoms with Crippen LogP contribution in [0, 0.1) is 0 Å². The number of ketones is 1. The number of hydrogen-bond acceptors (Lipinski definition) is 4. The first kappa shape index (κ1) is 23.3. The topological polar surface area (TPSA) is 73.2 Å². The number of carbonyl (C=O) groups is 2. The summed E-state index contributed by atoms with van der Waals surface area (Å²) >= 11 is 0. The van der Waals surface area contributed by atoms with Crippen molar-refractivity contribution in [2.45, 2.75) is 58.7 Å². The van der Waals surface area contributed by atoms with Gasteiger partial charge in [0.2, 0.25) is 0 Å². The molecule has 0 aliphatic carbocycles. The normalized spacial score (nSPS) is 12.2. The molecule has 0 saturated carbocycles. The van der Waals surface area contributed by atoms with E-state index in [0.29, 0.717) is 18.7 Å². The van der Waals surface area contributed by atoms with Gasteiger partial charge in [0.15, 0.2) is 5.78 Å². The van der Waals surface area contributed by atoms with Crippen LogP contribution < -0.4 is 5.32 Å². The summed E-state index contributed by atoms with van der Waals surface area (Å²) in [6.45, 7) is 7.53. The van der Waals surface area contributed by atoms with Gasteiger partial charge in [-0.1, -0.05) is 67.6 Å². The zero-order valence-corrected chi connectivity index (χ0v) is 19.2. The second-order valence-corrected chi connectivity index (χ2v) is 8.76. The van der Waals surface area contributed by atoms with E-state index in [2.05, 4.69) is 5.32 Å².